The minimum absolute atomic E-state index is 0.0493. The SMILES string of the molecule is C#CCOc1cc(Cl)c(C(=O)NCC2CCCCC2)cc1F. The lowest BCUT2D eigenvalue weighted by atomic mass is 9.89. The summed E-state index contributed by atoms with van der Waals surface area (Å²) in [7, 11) is 0. The van der Waals surface area contributed by atoms with Crippen molar-refractivity contribution in [2.24, 2.45) is 5.92 Å². The number of benzene rings is 1. The Balaban J connectivity index is 1.99. The highest BCUT2D eigenvalue weighted by Gasteiger charge is 2.18. The van der Waals surface area contributed by atoms with E-state index in [4.69, 9.17) is 22.8 Å². The molecule has 0 saturated heterocycles. The molecule has 1 amide bonds. The van der Waals surface area contributed by atoms with Gasteiger partial charge in [-0.15, -0.1) is 6.42 Å². The summed E-state index contributed by atoms with van der Waals surface area (Å²) < 4.78 is 18.9. The van der Waals surface area contributed by atoms with Crippen LogP contribution in [0.2, 0.25) is 5.02 Å². The average molecular weight is 324 g/mol. The number of ether oxygens (including phenoxy) is 1. The number of hydrogen-bond donors (Lipinski definition) is 1. The van der Waals surface area contributed by atoms with E-state index in [-0.39, 0.29) is 28.8 Å². The molecule has 2 rings (SSSR count). The van der Waals surface area contributed by atoms with Gasteiger partial charge in [-0.05, 0) is 24.8 Å². The Hall–Kier alpha value is -1.73. The first-order valence-electron chi connectivity index (χ1n) is 7.45. The topological polar surface area (TPSA) is 38.3 Å². The molecule has 22 heavy (non-hydrogen) atoms. The van der Waals surface area contributed by atoms with Crippen molar-refractivity contribution in [1.29, 1.82) is 0 Å². The normalized spacial score (nSPS) is 15.1. The van der Waals surface area contributed by atoms with Crippen LogP contribution < -0.4 is 10.1 Å². The van der Waals surface area contributed by atoms with E-state index in [1.807, 2.05) is 0 Å². The van der Waals surface area contributed by atoms with Crippen molar-refractivity contribution in [3.63, 3.8) is 0 Å². The molecule has 1 aromatic carbocycles. The molecule has 1 fully saturated rings. The molecule has 1 aromatic rings. The van der Waals surface area contributed by atoms with Gasteiger partial charge in [0.15, 0.2) is 11.6 Å². The molecule has 0 spiro atoms. The van der Waals surface area contributed by atoms with Crippen LogP contribution in [0.3, 0.4) is 0 Å². The van der Waals surface area contributed by atoms with Crippen LogP contribution in [0.5, 0.6) is 5.75 Å². The summed E-state index contributed by atoms with van der Waals surface area (Å²) >= 11 is 6.04. The van der Waals surface area contributed by atoms with Crippen molar-refractivity contribution in [1.82, 2.24) is 5.32 Å². The van der Waals surface area contributed by atoms with E-state index in [2.05, 4.69) is 11.2 Å². The van der Waals surface area contributed by atoms with E-state index >= 15 is 0 Å². The van der Waals surface area contributed by atoms with E-state index in [0.29, 0.717) is 12.5 Å². The number of terminal acetylenes is 1. The zero-order valence-electron chi connectivity index (χ0n) is 12.3. The number of halogens is 2. The molecule has 1 saturated carbocycles. The van der Waals surface area contributed by atoms with Gasteiger partial charge in [0, 0.05) is 12.6 Å². The lowest BCUT2D eigenvalue weighted by Gasteiger charge is -2.21. The molecule has 0 unspecified atom stereocenters. The van der Waals surface area contributed by atoms with Crippen LogP contribution in [0.1, 0.15) is 42.5 Å². The second-order valence-electron chi connectivity index (χ2n) is 5.47. The molecule has 0 aromatic heterocycles. The minimum atomic E-state index is -0.650. The predicted molar refractivity (Wildman–Crippen MR) is 84.6 cm³/mol. The summed E-state index contributed by atoms with van der Waals surface area (Å²) in [6.45, 7) is 0.548. The maximum Gasteiger partial charge on any atom is 0.252 e. The highest BCUT2D eigenvalue weighted by atomic mass is 35.5. The minimum Gasteiger partial charge on any atom is -0.478 e. The Bertz CT molecular complexity index is 577. The summed E-state index contributed by atoms with van der Waals surface area (Å²) in [5.74, 6) is 1.68. The van der Waals surface area contributed by atoms with Crippen molar-refractivity contribution < 1.29 is 13.9 Å². The Labute approximate surface area is 135 Å². The average Bonchev–Trinajstić information content (AvgIpc) is 2.54. The van der Waals surface area contributed by atoms with Crippen LogP contribution in [0.25, 0.3) is 0 Å². The van der Waals surface area contributed by atoms with Crippen molar-refractivity contribution >= 4 is 17.5 Å². The van der Waals surface area contributed by atoms with Gasteiger partial charge in [-0.3, -0.25) is 4.79 Å². The highest BCUT2D eigenvalue weighted by Crippen LogP contribution is 2.27. The summed E-state index contributed by atoms with van der Waals surface area (Å²) in [5.41, 5.74) is 0.114. The number of hydrogen-bond acceptors (Lipinski definition) is 2. The maximum absolute atomic E-state index is 13.9. The fourth-order valence-electron chi connectivity index (χ4n) is 2.66. The van der Waals surface area contributed by atoms with Crippen LogP contribution >= 0.6 is 11.6 Å². The number of rotatable bonds is 5. The molecule has 3 nitrogen and oxygen atoms in total. The van der Waals surface area contributed by atoms with E-state index in [1.165, 1.54) is 25.3 Å². The predicted octanol–water partition coefficient (Wildman–Crippen LogP) is 3.80. The van der Waals surface area contributed by atoms with Gasteiger partial charge in [0.1, 0.15) is 6.61 Å². The highest BCUT2D eigenvalue weighted by molar-refractivity contribution is 6.34. The standard InChI is InChI=1S/C17H19ClFNO2/c1-2-8-22-16-10-14(18)13(9-15(16)19)17(21)20-11-12-6-4-3-5-7-12/h1,9-10,12H,3-8,11H2,(H,20,21). The first-order chi connectivity index (χ1) is 10.6. The lowest BCUT2D eigenvalue weighted by Crippen LogP contribution is -2.30. The smallest absolute Gasteiger partial charge is 0.252 e. The number of amides is 1. The molecular weight excluding hydrogens is 305 g/mol. The molecule has 0 bridgehead atoms. The van der Waals surface area contributed by atoms with Crippen molar-refractivity contribution in [3.05, 3.63) is 28.5 Å². The summed E-state index contributed by atoms with van der Waals surface area (Å²) in [5, 5.41) is 2.98. The third kappa shape index (κ3) is 4.38. The van der Waals surface area contributed by atoms with E-state index in [1.54, 1.807) is 0 Å². The van der Waals surface area contributed by atoms with Crippen LogP contribution in [-0.2, 0) is 0 Å². The van der Waals surface area contributed by atoms with Crippen LogP contribution in [0.4, 0.5) is 4.39 Å². The summed E-state index contributed by atoms with van der Waals surface area (Å²) in [4.78, 5) is 12.2. The fraction of sp³-hybridized carbons (Fsp3) is 0.471. The number of nitrogens with one attached hydrogen (secondary N) is 1. The number of carbonyl (C=O) groups is 1. The second kappa shape index (κ2) is 8.05. The van der Waals surface area contributed by atoms with Crippen LogP contribution in [-0.4, -0.2) is 19.1 Å². The molecule has 1 aliphatic carbocycles. The zero-order valence-corrected chi connectivity index (χ0v) is 13.1. The molecule has 0 atom stereocenters. The largest absolute Gasteiger partial charge is 0.478 e. The first kappa shape index (κ1) is 16.6. The van der Waals surface area contributed by atoms with E-state index in [0.717, 1.165) is 18.9 Å². The molecule has 0 heterocycles. The van der Waals surface area contributed by atoms with Gasteiger partial charge in [0.2, 0.25) is 0 Å². The monoisotopic (exact) mass is 323 g/mol. The maximum atomic E-state index is 13.9. The van der Waals surface area contributed by atoms with Crippen molar-refractivity contribution in [2.45, 2.75) is 32.1 Å². The second-order valence-corrected chi connectivity index (χ2v) is 5.88. The summed E-state index contributed by atoms with van der Waals surface area (Å²) in [6, 6.07) is 2.37. The Morgan fingerprint density at radius 1 is 1.41 bits per heavy atom. The Morgan fingerprint density at radius 3 is 2.82 bits per heavy atom. The first-order valence-corrected chi connectivity index (χ1v) is 7.83. The van der Waals surface area contributed by atoms with Crippen molar-refractivity contribution in [2.75, 3.05) is 13.2 Å². The van der Waals surface area contributed by atoms with Gasteiger partial charge < -0.3 is 10.1 Å². The summed E-state index contributed by atoms with van der Waals surface area (Å²) in [6.07, 6.45) is 11.0. The van der Waals surface area contributed by atoms with Gasteiger partial charge in [-0.25, -0.2) is 4.39 Å². The molecule has 118 valence electrons. The molecule has 0 radical (unpaired) electrons. The van der Waals surface area contributed by atoms with E-state index < -0.39 is 5.82 Å². The molecule has 5 heteroatoms. The molecule has 1 aliphatic rings. The third-order valence-electron chi connectivity index (χ3n) is 3.85. The van der Waals surface area contributed by atoms with Crippen LogP contribution in [0, 0.1) is 24.1 Å². The fourth-order valence-corrected chi connectivity index (χ4v) is 2.90. The van der Waals surface area contributed by atoms with Gasteiger partial charge in [-0.2, -0.15) is 0 Å². The van der Waals surface area contributed by atoms with Gasteiger partial charge in [0.05, 0.1) is 10.6 Å². The molecule has 0 aliphatic heterocycles. The third-order valence-corrected chi connectivity index (χ3v) is 4.17. The van der Waals surface area contributed by atoms with E-state index in [9.17, 15) is 9.18 Å². The number of carbonyl (C=O) groups excluding carboxylic acids is 1. The lowest BCUT2D eigenvalue weighted by molar-refractivity contribution is 0.0943. The Kier molecular flexibility index (Phi) is 6.09. The van der Waals surface area contributed by atoms with Gasteiger partial charge in [-0.1, -0.05) is 36.8 Å². The quantitative estimate of drug-likeness (QED) is 0.837. The van der Waals surface area contributed by atoms with Gasteiger partial charge >= 0.3 is 0 Å². The van der Waals surface area contributed by atoms with Gasteiger partial charge in [0.25, 0.3) is 5.91 Å². The van der Waals surface area contributed by atoms with Crippen LogP contribution in [0.15, 0.2) is 12.1 Å². The zero-order chi connectivity index (χ0) is 15.9. The molecule has 1 N–H and O–H groups in total. The van der Waals surface area contributed by atoms with Crippen molar-refractivity contribution in [3.8, 4) is 18.1 Å². The molecular formula is C17H19ClFNO2. The Morgan fingerprint density at radius 2 is 2.14 bits per heavy atom.